The van der Waals surface area contributed by atoms with E-state index in [4.69, 9.17) is 5.73 Å². The maximum Gasteiger partial charge on any atom is 0.240 e. The largest absolute Gasteiger partial charge is 0.396 e. The van der Waals surface area contributed by atoms with Gasteiger partial charge in [0.15, 0.2) is 0 Å². The van der Waals surface area contributed by atoms with Crippen LogP contribution in [0.25, 0.3) is 0 Å². The zero-order valence-electron chi connectivity index (χ0n) is 11.4. The van der Waals surface area contributed by atoms with E-state index in [1.54, 1.807) is 11.8 Å². The molecule has 1 fully saturated rings. The highest BCUT2D eigenvalue weighted by molar-refractivity contribution is 8.00. The number of nitrogens with two attached hydrogens (primary N) is 1. The molecule has 0 aromatic heterocycles. The van der Waals surface area contributed by atoms with Gasteiger partial charge in [0.05, 0.1) is 10.6 Å². The highest BCUT2D eigenvalue weighted by Crippen LogP contribution is 2.25. The Kier molecular flexibility index (Phi) is 4.93. The fraction of sp³-hybridized carbons (Fsp3) is 0.538. The van der Waals surface area contributed by atoms with Gasteiger partial charge in [-0.3, -0.25) is 0 Å². The van der Waals surface area contributed by atoms with Crippen LogP contribution in [-0.4, -0.2) is 26.0 Å². The lowest BCUT2D eigenvalue weighted by Crippen LogP contribution is -2.32. The number of halogens is 1. The molecule has 7 heteroatoms. The predicted octanol–water partition coefficient (Wildman–Crippen LogP) is 2.28. The van der Waals surface area contributed by atoms with Gasteiger partial charge in [0.1, 0.15) is 5.82 Å². The average molecular weight is 318 g/mol. The molecule has 1 aliphatic rings. The summed E-state index contributed by atoms with van der Waals surface area (Å²) in [5, 5.41) is 0.317. The van der Waals surface area contributed by atoms with Gasteiger partial charge >= 0.3 is 0 Å². The summed E-state index contributed by atoms with van der Waals surface area (Å²) in [5.74, 6) is 0.515. The van der Waals surface area contributed by atoms with Crippen molar-refractivity contribution >= 4 is 27.5 Å². The lowest BCUT2D eigenvalue weighted by Gasteiger charge is -2.21. The standard InChI is InChI=1S/C13H19FN2O2S2/c1-9-6-11(7-12(15)13(9)14)20(17,18)16-8-10-4-2-3-5-19-10/h6-7,10,16H,2-5,8,15H2,1H3. The van der Waals surface area contributed by atoms with Crippen LogP contribution in [0.3, 0.4) is 0 Å². The second-order valence-electron chi connectivity index (χ2n) is 4.98. The molecule has 0 bridgehead atoms. The van der Waals surface area contributed by atoms with Gasteiger partial charge < -0.3 is 5.73 Å². The number of sulfonamides is 1. The molecular weight excluding hydrogens is 299 g/mol. The van der Waals surface area contributed by atoms with Crippen molar-refractivity contribution in [1.29, 1.82) is 0 Å². The Balaban J connectivity index is 2.10. The first-order chi connectivity index (χ1) is 9.40. The highest BCUT2D eigenvalue weighted by atomic mass is 32.2. The molecular formula is C13H19FN2O2S2. The molecule has 0 spiro atoms. The van der Waals surface area contributed by atoms with Crippen LogP contribution in [0.15, 0.2) is 17.0 Å². The summed E-state index contributed by atoms with van der Waals surface area (Å²) >= 11 is 1.80. The van der Waals surface area contributed by atoms with Crippen LogP contribution in [0.4, 0.5) is 10.1 Å². The van der Waals surface area contributed by atoms with E-state index in [-0.39, 0.29) is 16.1 Å². The third-order valence-corrected chi connectivity index (χ3v) is 6.14. The molecule has 0 radical (unpaired) electrons. The minimum Gasteiger partial charge on any atom is -0.396 e. The molecule has 1 saturated heterocycles. The van der Waals surface area contributed by atoms with Crippen molar-refractivity contribution in [3.8, 4) is 0 Å². The molecule has 1 aromatic rings. The maximum absolute atomic E-state index is 13.4. The summed E-state index contributed by atoms with van der Waals surface area (Å²) in [6.45, 7) is 1.91. The number of nitrogens with one attached hydrogen (secondary N) is 1. The molecule has 1 unspecified atom stereocenters. The Bertz CT molecular complexity index is 561. The van der Waals surface area contributed by atoms with Crippen LogP contribution in [0.2, 0.25) is 0 Å². The Morgan fingerprint density at radius 1 is 1.45 bits per heavy atom. The Labute approximate surface area is 123 Å². The van der Waals surface area contributed by atoms with E-state index < -0.39 is 15.8 Å². The number of benzene rings is 1. The van der Waals surface area contributed by atoms with Crippen molar-refractivity contribution in [2.24, 2.45) is 0 Å². The van der Waals surface area contributed by atoms with Crippen molar-refractivity contribution in [3.63, 3.8) is 0 Å². The van der Waals surface area contributed by atoms with Crippen molar-refractivity contribution in [2.75, 3.05) is 18.0 Å². The summed E-state index contributed by atoms with van der Waals surface area (Å²) in [4.78, 5) is 0.0229. The molecule has 1 aliphatic heterocycles. The Morgan fingerprint density at radius 3 is 2.80 bits per heavy atom. The van der Waals surface area contributed by atoms with Crippen LogP contribution < -0.4 is 10.5 Å². The first-order valence-corrected chi connectivity index (χ1v) is 9.10. The number of hydrogen-bond acceptors (Lipinski definition) is 4. The zero-order chi connectivity index (χ0) is 14.8. The number of thioether (sulfide) groups is 1. The number of nitrogen functional groups attached to an aromatic ring is 1. The summed E-state index contributed by atoms with van der Waals surface area (Å²) in [6, 6.07) is 2.47. The number of hydrogen-bond donors (Lipinski definition) is 2. The third kappa shape index (κ3) is 3.65. The van der Waals surface area contributed by atoms with E-state index in [0.29, 0.717) is 11.8 Å². The summed E-state index contributed by atoms with van der Waals surface area (Å²) in [5.41, 5.74) is 5.58. The molecule has 1 atom stereocenters. The Morgan fingerprint density at radius 2 is 2.20 bits per heavy atom. The van der Waals surface area contributed by atoms with Crippen molar-refractivity contribution in [1.82, 2.24) is 4.72 Å². The second-order valence-corrected chi connectivity index (χ2v) is 8.16. The smallest absolute Gasteiger partial charge is 0.240 e. The molecule has 3 N–H and O–H groups in total. The maximum atomic E-state index is 13.4. The fourth-order valence-electron chi connectivity index (χ4n) is 2.17. The molecule has 0 aliphatic carbocycles. The van der Waals surface area contributed by atoms with E-state index in [2.05, 4.69) is 4.72 Å². The molecule has 0 saturated carbocycles. The topological polar surface area (TPSA) is 72.2 Å². The number of anilines is 1. The lowest BCUT2D eigenvalue weighted by atomic mass is 10.2. The molecule has 2 rings (SSSR count). The summed E-state index contributed by atoms with van der Waals surface area (Å²) in [7, 11) is -3.63. The zero-order valence-corrected chi connectivity index (χ0v) is 13.0. The van der Waals surface area contributed by atoms with Gasteiger partial charge in [-0.1, -0.05) is 6.42 Å². The van der Waals surface area contributed by atoms with Gasteiger partial charge in [0.25, 0.3) is 0 Å². The third-order valence-electron chi connectivity index (χ3n) is 3.34. The molecule has 4 nitrogen and oxygen atoms in total. The van der Waals surface area contributed by atoms with Gasteiger partial charge in [-0.25, -0.2) is 17.5 Å². The average Bonchev–Trinajstić information content (AvgIpc) is 2.43. The van der Waals surface area contributed by atoms with Crippen molar-refractivity contribution < 1.29 is 12.8 Å². The van der Waals surface area contributed by atoms with Gasteiger partial charge in [-0.15, -0.1) is 0 Å². The van der Waals surface area contributed by atoms with Gasteiger partial charge in [-0.2, -0.15) is 11.8 Å². The van der Waals surface area contributed by atoms with Gasteiger partial charge in [0.2, 0.25) is 10.0 Å². The first-order valence-electron chi connectivity index (χ1n) is 6.57. The quantitative estimate of drug-likeness (QED) is 0.836. The van der Waals surface area contributed by atoms with Crippen LogP contribution in [0.1, 0.15) is 24.8 Å². The van der Waals surface area contributed by atoms with Crippen molar-refractivity contribution in [2.45, 2.75) is 36.3 Å². The van der Waals surface area contributed by atoms with Crippen molar-refractivity contribution in [3.05, 3.63) is 23.5 Å². The second kappa shape index (κ2) is 6.32. The van der Waals surface area contributed by atoms with E-state index in [0.717, 1.165) is 18.6 Å². The molecule has 1 heterocycles. The Hall–Kier alpha value is -0.790. The van der Waals surface area contributed by atoms with Gasteiger partial charge in [-0.05, 0) is 43.2 Å². The SMILES string of the molecule is Cc1cc(S(=O)(=O)NCC2CCCCS2)cc(N)c1F. The first kappa shape index (κ1) is 15.6. The lowest BCUT2D eigenvalue weighted by molar-refractivity contribution is 0.573. The summed E-state index contributed by atoms with van der Waals surface area (Å²) in [6.07, 6.45) is 3.36. The van der Waals surface area contributed by atoms with Crippen LogP contribution in [-0.2, 0) is 10.0 Å². The molecule has 1 aromatic carbocycles. The molecule has 20 heavy (non-hydrogen) atoms. The van der Waals surface area contributed by atoms with Crippen LogP contribution in [0.5, 0.6) is 0 Å². The number of aryl methyl sites for hydroxylation is 1. The van der Waals surface area contributed by atoms with Crippen LogP contribution in [0, 0.1) is 12.7 Å². The monoisotopic (exact) mass is 318 g/mol. The van der Waals surface area contributed by atoms with E-state index >= 15 is 0 Å². The van der Waals surface area contributed by atoms with Gasteiger partial charge in [0, 0.05) is 11.8 Å². The van der Waals surface area contributed by atoms with Crippen LogP contribution >= 0.6 is 11.8 Å². The predicted molar refractivity (Wildman–Crippen MR) is 80.8 cm³/mol. The molecule has 112 valence electrons. The minimum atomic E-state index is -3.63. The minimum absolute atomic E-state index is 0.0229. The van der Waals surface area contributed by atoms with E-state index in [1.807, 2.05) is 0 Å². The highest BCUT2D eigenvalue weighted by Gasteiger charge is 2.20. The van der Waals surface area contributed by atoms with E-state index in [1.165, 1.54) is 25.5 Å². The van der Waals surface area contributed by atoms with E-state index in [9.17, 15) is 12.8 Å². The molecule has 0 amide bonds. The fourth-order valence-corrected chi connectivity index (χ4v) is 4.72. The number of rotatable bonds is 4. The normalized spacial score (nSPS) is 20.0. The summed E-state index contributed by atoms with van der Waals surface area (Å²) < 4.78 is 40.4.